The molecule has 1 aliphatic rings. The number of aromatic amines is 1. The standard InChI is InChI=1S/C16H22N6O3S/c1-21-13(17)12(14(24)22(2)16(21)25)10(23)8-26-15-18-11(19-20-15)7-9-5-3-4-6-9/h9H,3-8,17H2,1-2H3,(H,18,19,20). The van der Waals surface area contributed by atoms with E-state index in [-0.39, 0.29) is 17.1 Å². The van der Waals surface area contributed by atoms with Crippen molar-refractivity contribution in [3.05, 3.63) is 32.2 Å². The van der Waals surface area contributed by atoms with Gasteiger partial charge < -0.3 is 5.73 Å². The van der Waals surface area contributed by atoms with E-state index in [2.05, 4.69) is 15.2 Å². The zero-order valence-corrected chi connectivity index (χ0v) is 15.6. The summed E-state index contributed by atoms with van der Waals surface area (Å²) in [5, 5.41) is 7.50. The molecule has 9 nitrogen and oxygen atoms in total. The molecule has 2 aromatic rings. The van der Waals surface area contributed by atoms with E-state index in [1.54, 1.807) is 0 Å². The topological polar surface area (TPSA) is 129 Å². The second-order valence-electron chi connectivity index (χ2n) is 6.60. The summed E-state index contributed by atoms with van der Waals surface area (Å²) in [5.41, 5.74) is 4.37. The number of nitrogens with two attached hydrogens (primary N) is 1. The minimum atomic E-state index is -0.687. The van der Waals surface area contributed by atoms with Crippen LogP contribution in [0.2, 0.25) is 0 Å². The number of carbonyl (C=O) groups is 1. The minimum absolute atomic E-state index is 0.0294. The zero-order valence-electron chi connectivity index (χ0n) is 14.8. The van der Waals surface area contributed by atoms with Gasteiger partial charge in [-0.3, -0.25) is 23.8 Å². The molecular formula is C16H22N6O3S. The Bertz CT molecular complexity index is 938. The van der Waals surface area contributed by atoms with Gasteiger partial charge in [0.2, 0.25) is 5.16 Å². The third kappa shape index (κ3) is 3.59. The second-order valence-corrected chi connectivity index (χ2v) is 7.54. The van der Waals surface area contributed by atoms with E-state index in [9.17, 15) is 14.4 Å². The van der Waals surface area contributed by atoms with Gasteiger partial charge in [-0.1, -0.05) is 37.4 Å². The number of hydrogen-bond donors (Lipinski definition) is 2. The monoisotopic (exact) mass is 378 g/mol. The lowest BCUT2D eigenvalue weighted by atomic mass is 10.0. The van der Waals surface area contributed by atoms with Gasteiger partial charge in [0, 0.05) is 20.5 Å². The number of Topliss-reactive ketones (excluding diaryl/α,β-unsaturated/α-hetero) is 1. The number of nitrogen functional groups attached to an aromatic ring is 1. The molecule has 0 radical (unpaired) electrons. The summed E-state index contributed by atoms with van der Waals surface area (Å²) in [6.45, 7) is 0. The summed E-state index contributed by atoms with van der Waals surface area (Å²) < 4.78 is 1.96. The minimum Gasteiger partial charge on any atom is -0.384 e. The van der Waals surface area contributed by atoms with Gasteiger partial charge >= 0.3 is 5.69 Å². The van der Waals surface area contributed by atoms with Crippen LogP contribution in [0.5, 0.6) is 0 Å². The molecule has 0 saturated heterocycles. The van der Waals surface area contributed by atoms with Crippen LogP contribution < -0.4 is 17.0 Å². The molecule has 3 N–H and O–H groups in total. The molecular weight excluding hydrogens is 356 g/mol. The molecule has 1 fully saturated rings. The van der Waals surface area contributed by atoms with E-state index in [0.717, 1.165) is 33.1 Å². The molecule has 140 valence electrons. The van der Waals surface area contributed by atoms with Crippen LogP contribution in [0.15, 0.2) is 14.7 Å². The van der Waals surface area contributed by atoms with Crippen molar-refractivity contribution >= 4 is 23.4 Å². The summed E-state index contributed by atoms with van der Waals surface area (Å²) in [7, 11) is 2.74. The summed E-state index contributed by atoms with van der Waals surface area (Å²) >= 11 is 1.14. The molecule has 0 amide bonds. The Hall–Kier alpha value is -2.36. The summed E-state index contributed by atoms with van der Waals surface area (Å²) in [6.07, 6.45) is 5.85. The normalized spacial score (nSPS) is 14.8. The first-order valence-electron chi connectivity index (χ1n) is 8.51. The van der Waals surface area contributed by atoms with E-state index in [1.165, 1.54) is 39.8 Å². The lowest BCUT2D eigenvalue weighted by Crippen LogP contribution is -2.41. The van der Waals surface area contributed by atoms with E-state index in [0.29, 0.717) is 11.1 Å². The first-order valence-corrected chi connectivity index (χ1v) is 9.49. The van der Waals surface area contributed by atoms with E-state index >= 15 is 0 Å². The number of aromatic nitrogens is 5. The van der Waals surface area contributed by atoms with Gasteiger partial charge in [-0.05, 0) is 5.92 Å². The van der Waals surface area contributed by atoms with Crippen molar-refractivity contribution in [3.63, 3.8) is 0 Å². The Morgan fingerprint density at radius 3 is 2.65 bits per heavy atom. The summed E-state index contributed by atoms with van der Waals surface area (Å²) in [6, 6.07) is 0. The van der Waals surface area contributed by atoms with Gasteiger partial charge in [0.05, 0.1) is 5.75 Å². The van der Waals surface area contributed by atoms with E-state index in [1.807, 2.05) is 0 Å². The largest absolute Gasteiger partial charge is 0.384 e. The molecule has 0 unspecified atom stereocenters. The average molecular weight is 378 g/mol. The number of ketones is 1. The number of nitrogens with one attached hydrogen (secondary N) is 1. The fourth-order valence-electron chi connectivity index (χ4n) is 3.25. The van der Waals surface area contributed by atoms with Crippen molar-refractivity contribution in [2.45, 2.75) is 37.3 Å². The maximum absolute atomic E-state index is 12.5. The maximum Gasteiger partial charge on any atom is 0.332 e. The van der Waals surface area contributed by atoms with Crippen molar-refractivity contribution < 1.29 is 4.79 Å². The fraction of sp³-hybridized carbons (Fsp3) is 0.562. The molecule has 0 aliphatic heterocycles. The number of nitrogens with zero attached hydrogens (tertiary/aromatic N) is 4. The predicted molar refractivity (Wildman–Crippen MR) is 98.4 cm³/mol. The highest BCUT2D eigenvalue weighted by Crippen LogP contribution is 2.27. The summed E-state index contributed by atoms with van der Waals surface area (Å²) in [5.74, 6) is 0.866. The fourth-order valence-corrected chi connectivity index (χ4v) is 3.94. The molecule has 0 atom stereocenters. The van der Waals surface area contributed by atoms with Crippen LogP contribution >= 0.6 is 11.8 Å². The molecule has 2 aromatic heterocycles. The van der Waals surface area contributed by atoms with E-state index < -0.39 is 17.0 Å². The Morgan fingerprint density at radius 2 is 1.96 bits per heavy atom. The highest BCUT2D eigenvalue weighted by molar-refractivity contribution is 7.99. The Labute approximate surface area is 154 Å². The van der Waals surface area contributed by atoms with Gasteiger partial charge in [0.1, 0.15) is 17.2 Å². The maximum atomic E-state index is 12.5. The van der Waals surface area contributed by atoms with Gasteiger partial charge in [-0.2, -0.15) is 0 Å². The Kier molecular flexibility index (Phi) is 5.30. The van der Waals surface area contributed by atoms with Gasteiger partial charge in [-0.25, -0.2) is 9.78 Å². The molecule has 26 heavy (non-hydrogen) atoms. The Balaban J connectivity index is 1.69. The van der Waals surface area contributed by atoms with Crippen LogP contribution in [-0.2, 0) is 20.5 Å². The van der Waals surface area contributed by atoms with Gasteiger partial charge in [0.15, 0.2) is 5.78 Å². The number of carbonyl (C=O) groups excluding carboxylic acids is 1. The van der Waals surface area contributed by atoms with Crippen molar-refractivity contribution in [1.82, 2.24) is 24.3 Å². The average Bonchev–Trinajstić information content (AvgIpc) is 3.29. The first-order chi connectivity index (χ1) is 12.4. The van der Waals surface area contributed by atoms with Gasteiger partial charge in [-0.15, -0.1) is 5.10 Å². The molecule has 0 aromatic carbocycles. The summed E-state index contributed by atoms with van der Waals surface area (Å²) in [4.78, 5) is 40.9. The lowest BCUT2D eigenvalue weighted by molar-refractivity contribution is 0.102. The third-order valence-corrected chi connectivity index (χ3v) is 5.64. The molecule has 2 heterocycles. The zero-order chi connectivity index (χ0) is 18.8. The molecule has 0 spiro atoms. The van der Waals surface area contributed by atoms with Crippen LogP contribution in [0.1, 0.15) is 41.9 Å². The predicted octanol–water partition coefficient (Wildman–Crippen LogP) is 0.492. The smallest absolute Gasteiger partial charge is 0.332 e. The highest BCUT2D eigenvalue weighted by Gasteiger charge is 2.21. The van der Waals surface area contributed by atoms with Crippen molar-refractivity contribution in [1.29, 1.82) is 0 Å². The number of hydrogen-bond acceptors (Lipinski definition) is 7. The molecule has 1 saturated carbocycles. The number of rotatable bonds is 6. The van der Waals surface area contributed by atoms with Crippen LogP contribution in [0.4, 0.5) is 5.82 Å². The number of thioether (sulfide) groups is 1. The number of H-pyrrole nitrogens is 1. The lowest BCUT2D eigenvalue weighted by Gasteiger charge is -2.10. The third-order valence-electron chi connectivity index (χ3n) is 4.79. The molecule has 3 rings (SSSR count). The van der Waals surface area contributed by atoms with Crippen LogP contribution in [0.3, 0.4) is 0 Å². The molecule has 1 aliphatic carbocycles. The molecule has 0 bridgehead atoms. The molecule has 10 heteroatoms. The van der Waals surface area contributed by atoms with Crippen LogP contribution in [0.25, 0.3) is 0 Å². The Morgan fingerprint density at radius 1 is 1.27 bits per heavy atom. The van der Waals surface area contributed by atoms with Crippen molar-refractivity contribution in [2.24, 2.45) is 20.0 Å². The van der Waals surface area contributed by atoms with Crippen LogP contribution in [0, 0.1) is 5.92 Å². The first kappa shape index (κ1) is 18.4. The van der Waals surface area contributed by atoms with Gasteiger partial charge in [0.25, 0.3) is 5.56 Å². The van der Waals surface area contributed by atoms with E-state index in [4.69, 9.17) is 5.73 Å². The number of anilines is 1. The second kappa shape index (κ2) is 7.48. The van der Waals surface area contributed by atoms with Crippen molar-refractivity contribution in [2.75, 3.05) is 11.5 Å². The quantitative estimate of drug-likeness (QED) is 0.553. The highest BCUT2D eigenvalue weighted by atomic mass is 32.2. The van der Waals surface area contributed by atoms with Crippen LogP contribution in [-0.4, -0.2) is 35.9 Å². The van der Waals surface area contributed by atoms with Crippen molar-refractivity contribution in [3.8, 4) is 0 Å². The SMILES string of the molecule is Cn1c(N)c(C(=O)CSc2n[nH]c(CC3CCCC3)n2)c(=O)n(C)c1=O.